The second kappa shape index (κ2) is 48.7. The van der Waals surface area contributed by atoms with Gasteiger partial charge in [-0.15, -0.1) is 0 Å². The van der Waals surface area contributed by atoms with Gasteiger partial charge in [0.1, 0.15) is 5.97 Å². The van der Waals surface area contributed by atoms with E-state index in [1.54, 1.807) is 24.5 Å². The second-order valence-electron chi connectivity index (χ2n) is 12.4. The van der Waals surface area contributed by atoms with Crippen molar-refractivity contribution in [3.8, 4) is 0 Å². The predicted molar refractivity (Wildman–Crippen MR) is 245 cm³/mol. The number of azide groups is 2. The van der Waals surface area contributed by atoms with E-state index in [0.717, 1.165) is 5.56 Å². The number of benzene rings is 1. The smallest absolute Gasteiger partial charge is 0.251 e. The van der Waals surface area contributed by atoms with Crippen molar-refractivity contribution in [3.05, 3.63) is 97.3 Å². The van der Waals surface area contributed by atoms with Gasteiger partial charge in [0.2, 0.25) is 0 Å². The van der Waals surface area contributed by atoms with Gasteiger partial charge in [-0.1, -0.05) is 10.2 Å². The van der Waals surface area contributed by atoms with Gasteiger partial charge < -0.3 is 75.2 Å². The number of ether oxygens (including phenoxy) is 8. The molecule has 1 aromatic heterocycles. The zero-order chi connectivity index (χ0) is 51.6. The van der Waals surface area contributed by atoms with E-state index in [-0.39, 0.29) is 75.7 Å². The zero-order valence-corrected chi connectivity index (χ0v) is 42.0. The standard InChI is InChI=1S/C35H52N10O11.C2HF3O2.C2H6N2.HI.Pt/c36-44-42-7-11-51-15-19-55-23-21-53-17-13-49-9-5-39-33(46)30-25-31(27-32(26-30)35(48)41-28-29-1-3-38-4-2-29)34(47)40-6-10-50-14-18-54-22-24-56-20-16-52-12-8-43-45-37;3-2(4,5)1(6)7;3-1-2-4;;/h1-4,25-27H,5-24,28H2,(H,39,46)(H,40,47)(H,41,48);(H,6,7);3-4H,1-2H2;1H;/q;;-2;;+1/p-2. The summed E-state index contributed by atoms with van der Waals surface area (Å²) in [5.74, 6) is -4.43. The Bertz CT molecular complexity index is 1660. The van der Waals surface area contributed by atoms with Gasteiger partial charge in [0.05, 0.1) is 106 Å². The maximum atomic E-state index is 13.1. The Morgan fingerprint density at radius 1 is 0.594 bits per heavy atom. The molecule has 0 aliphatic carbocycles. The molecule has 5 N–H and O–H groups in total. The summed E-state index contributed by atoms with van der Waals surface area (Å²) in [6.45, 7) is 7.15. The number of halogens is 4. The molecular weight excluding hydrogens is 1220 g/mol. The third kappa shape index (κ3) is 42.3. The molecule has 0 saturated carbocycles. The van der Waals surface area contributed by atoms with Crippen LogP contribution in [0.25, 0.3) is 32.4 Å². The van der Waals surface area contributed by atoms with Crippen molar-refractivity contribution in [2.45, 2.75) is 12.7 Å². The molecule has 393 valence electrons. The number of hydrogen-bond donors (Lipinski definition) is 3. The number of pyridine rings is 1. The van der Waals surface area contributed by atoms with Crippen molar-refractivity contribution < 1.29 is 91.5 Å². The monoisotopic (exact) mass is 1280 g/mol. The topological polar surface area (TPSA) is 359 Å². The number of aliphatic carboxylic acids is 1. The molecule has 2 rings (SSSR count). The molecule has 2 aromatic rings. The van der Waals surface area contributed by atoms with Crippen molar-refractivity contribution in [1.29, 1.82) is 0 Å². The largest absolute Gasteiger partial charge is 0.679 e. The van der Waals surface area contributed by atoms with Crippen molar-refractivity contribution in [1.82, 2.24) is 20.9 Å². The minimum Gasteiger partial charge on any atom is -0.679 e. The fraction of sp³-hybridized carbons (Fsp3) is 0.615. The molecule has 0 radical (unpaired) electrons. The van der Waals surface area contributed by atoms with Crippen molar-refractivity contribution in [3.63, 3.8) is 0 Å². The Morgan fingerprint density at radius 2 is 0.884 bits per heavy atom. The summed E-state index contributed by atoms with van der Waals surface area (Å²) in [5, 5.41) is 23.8. The van der Waals surface area contributed by atoms with Crippen molar-refractivity contribution >= 4 is 43.0 Å². The first-order chi connectivity index (χ1) is 33.4. The molecule has 0 aliphatic heterocycles. The number of hydrogen-bond acceptors (Lipinski definition) is 16. The number of carboxylic acid groups (broad SMARTS) is 1. The number of nitrogens with zero attached hydrogens (tertiary/aromatic N) is 7. The summed E-state index contributed by atoms with van der Waals surface area (Å²) >= 11 is 4.23. The van der Waals surface area contributed by atoms with Gasteiger partial charge in [0.25, 0.3) is 17.7 Å². The van der Waals surface area contributed by atoms with Crippen LogP contribution in [0.4, 0.5) is 13.2 Å². The molecule has 69 heavy (non-hydrogen) atoms. The molecule has 0 unspecified atom stereocenters. The molecule has 25 nitrogen and oxygen atoms in total. The average molecular weight is 1280 g/mol. The molecule has 0 spiro atoms. The third-order valence-electron chi connectivity index (χ3n) is 7.37. The fourth-order valence-electron chi connectivity index (χ4n) is 4.31. The number of amides is 3. The quantitative estimate of drug-likeness (QED) is 0.0289. The Labute approximate surface area is 418 Å². The zero-order valence-electron chi connectivity index (χ0n) is 37.6. The number of carbonyl (C=O) groups excluding carboxylic acids is 4. The molecule has 1 heterocycles. The van der Waals surface area contributed by atoms with Crippen LogP contribution in [0.15, 0.2) is 53.0 Å². The molecule has 0 saturated heterocycles. The average Bonchev–Trinajstić information content (AvgIpc) is 3.35. The van der Waals surface area contributed by atoms with E-state index in [1.165, 1.54) is 18.2 Å². The summed E-state index contributed by atoms with van der Waals surface area (Å²) in [7, 11) is 0. The van der Waals surface area contributed by atoms with E-state index in [2.05, 4.69) is 76.5 Å². The first kappa shape index (κ1) is 66.8. The summed E-state index contributed by atoms with van der Waals surface area (Å²) in [4.78, 5) is 57.3. The summed E-state index contributed by atoms with van der Waals surface area (Å²) in [6, 6.07) is 7.81. The number of aromatic nitrogens is 1. The molecule has 0 bridgehead atoms. The third-order valence-corrected chi connectivity index (χ3v) is 7.37. The van der Waals surface area contributed by atoms with Gasteiger partial charge in [-0.25, -0.2) is 0 Å². The molecule has 30 heteroatoms. The van der Waals surface area contributed by atoms with E-state index in [0.29, 0.717) is 92.5 Å². The van der Waals surface area contributed by atoms with Gasteiger partial charge in [-0.05, 0) is 47.0 Å². The van der Waals surface area contributed by atoms with Gasteiger partial charge in [0, 0.05) is 71.6 Å². The van der Waals surface area contributed by atoms with Crippen LogP contribution < -0.4 is 21.1 Å². The van der Waals surface area contributed by atoms with Crippen molar-refractivity contribution in [2.75, 3.05) is 145 Å². The number of alkyl halides is 3. The minimum absolute atomic E-state index is 0.131. The maximum Gasteiger partial charge on any atom is 0.251 e. The van der Waals surface area contributed by atoms with Crippen molar-refractivity contribution in [2.24, 2.45) is 10.2 Å². The van der Waals surface area contributed by atoms with Gasteiger partial charge in [-0.2, -0.15) is 26.3 Å². The van der Waals surface area contributed by atoms with Crippen LogP contribution in [0.5, 0.6) is 0 Å². The van der Waals surface area contributed by atoms with Gasteiger partial charge in [0.15, 0.2) is 0 Å². The number of rotatable bonds is 36. The Morgan fingerprint density at radius 3 is 1.17 bits per heavy atom. The predicted octanol–water partition coefficient (Wildman–Crippen LogP) is 3.50. The van der Waals surface area contributed by atoms with E-state index in [9.17, 15) is 27.6 Å². The van der Waals surface area contributed by atoms with Crippen LogP contribution in [0.2, 0.25) is 0 Å². The number of nitrogens with one attached hydrogen (secondary N) is 5. The van der Waals surface area contributed by atoms with E-state index < -0.39 is 29.9 Å². The van der Waals surface area contributed by atoms with E-state index in [4.69, 9.17) is 70.3 Å². The first-order valence-electron chi connectivity index (χ1n) is 20.6. The summed E-state index contributed by atoms with van der Waals surface area (Å²) < 4.78 is 74.7. The summed E-state index contributed by atoms with van der Waals surface area (Å²) in [5.41, 5.74) is 30.2. The van der Waals surface area contributed by atoms with Gasteiger partial charge >= 0.3 is 41.7 Å². The molecule has 1 aromatic carbocycles. The Hall–Kier alpha value is -4.32. The van der Waals surface area contributed by atoms with Gasteiger partial charge in [-0.3, -0.25) is 19.4 Å². The number of carbonyl (C=O) groups is 4. The van der Waals surface area contributed by atoms with Crippen LogP contribution in [-0.4, -0.2) is 180 Å². The van der Waals surface area contributed by atoms with Crippen LogP contribution in [0.1, 0.15) is 36.6 Å². The van der Waals surface area contributed by atoms with Crippen LogP contribution in [0, 0.1) is 0 Å². The van der Waals surface area contributed by atoms with E-state index >= 15 is 0 Å². The molecular formula is C39H58F3IN12O13Pt-3. The normalized spacial score (nSPS) is 10.3. The van der Waals surface area contributed by atoms with E-state index in [1.807, 2.05) is 0 Å². The minimum atomic E-state index is -5.19. The summed E-state index contributed by atoms with van der Waals surface area (Å²) in [6.07, 6.45) is -1.96. The Balaban J connectivity index is 0. The molecule has 0 fully saturated rings. The van der Waals surface area contributed by atoms with Crippen LogP contribution in [0.3, 0.4) is 0 Å². The first-order valence-corrected chi connectivity index (χ1v) is 27.1. The second-order valence-corrected chi connectivity index (χ2v) is 12.4. The fourth-order valence-corrected chi connectivity index (χ4v) is 4.31. The SMILES string of the molecule is O=C([O-])C(F)(F)F.[I][Pt].[N-]=[N+]=NCCOCCOCCOCCOCCNC(=O)c1cc(C(=O)NCCOCCOCCOCCOCCN=[N+]=[N-])cc(C(=O)NCc2ccncc2)c1.[NH-]CC[NH-]. The molecule has 0 aliphatic rings. The Kier molecular flexibility index (Phi) is 47.1. The van der Waals surface area contributed by atoms with Crippen LogP contribution >= 0.6 is 19.4 Å². The molecule has 3 amide bonds. The maximum absolute atomic E-state index is 13.1. The van der Waals surface area contributed by atoms with Crippen LogP contribution in [-0.2, 0) is 65.4 Å². The number of carboxylic acids is 1. The molecule has 0 atom stereocenters.